The summed E-state index contributed by atoms with van der Waals surface area (Å²) >= 11 is 0. The molecule has 0 aromatic carbocycles. The predicted molar refractivity (Wildman–Crippen MR) is 51.4 cm³/mol. The molecule has 0 radical (unpaired) electrons. The van der Waals surface area contributed by atoms with Crippen molar-refractivity contribution in [3.8, 4) is 11.6 Å². The van der Waals surface area contributed by atoms with Crippen LogP contribution in [0.25, 0.3) is 0 Å². The van der Waals surface area contributed by atoms with E-state index in [1.807, 2.05) is 0 Å². The Morgan fingerprint density at radius 2 is 2.44 bits per heavy atom. The van der Waals surface area contributed by atoms with E-state index in [4.69, 9.17) is 9.47 Å². The summed E-state index contributed by atoms with van der Waals surface area (Å²) in [5, 5.41) is 10.6. The Hall–Kier alpha value is -2.18. The standard InChI is InChI=1S/C9H8N2O5/c1-5(12)16-9-8-6(2-3-15-8)4-7(10-9)11(13)14/h4H,2-3H2,1H3. The predicted octanol–water partition coefficient (Wildman–Crippen LogP) is 0.850. The number of fused-ring (bicyclic) bond motifs is 1. The number of ether oxygens (including phenoxy) is 2. The van der Waals surface area contributed by atoms with Crippen molar-refractivity contribution in [3.63, 3.8) is 0 Å². The molecule has 84 valence electrons. The molecule has 0 N–H and O–H groups in total. The molecule has 0 spiro atoms. The van der Waals surface area contributed by atoms with Crippen LogP contribution >= 0.6 is 0 Å². The maximum Gasteiger partial charge on any atom is 0.379 e. The number of pyridine rings is 1. The Bertz CT molecular complexity index is 471. The van der Waals surface area contributed by atoms with E-state index in [0.29, 0.717) is 24.3 Å². The van der Waals surface area contributed by atoms with Crippen molar-refractivity contribution in [1.29, 1.82) is 0 Å². The van der Waals surface area contributed by atoms with Crippen LogP contribution in [0.2, 0.25) is 0 Å². The third kappa shape index (κ3) is 1.79. The third-order valence-electron chi connectivity index (χ3n) is 2.05. The van der Waals surface area contributed by atoms with Gasteiger partial charge < -0.3 is 19.6 Å². The molecule has 2 heterocycles. The topological polar surface area (TPSA) is 91.6 Å². The Morgan fingerprint density at radius 3 is 3.06 bits per heavy atom. The molecule has 7 nitrogen and oxygen atoms in total. The second-order valence-electron chi connectivity index (χ2n) is 3.22. The van der Waals surface area contributed by atoms with Gasteiger partial charge in [0.2, 0.25) is 5.75 Å². The summed E-state index contributed by atoms with van der Waals surface area (Å²) in [6.07, 6.45) is 0.549. The first kappa shape index (κ1) is 10.3. The SMILES string of the molecule is CC(=O)Oc1nc([N+](=O)[O-])cc2c1OCC2. The van der Waals surface area contributed by atoms with E-state index in [1.54, 1.807) is 0 Å². The fourth-order valence-electron chi connectivity index (χ4n) is 1.45. The molecule has 0 saturated heterocycles. The lowest BCUT2D eigenvalue weighted by Crippen LogP contribution is -2.06. The maximum atomic E-state index is 10.8. The molecule has 1 aromatic rings. The molecule has 0 atom stereocenters. The summed E-state index contributed by atoms with van der Waals surface area (Å²) < 4.78 is 9.97. The smallest absolute Gasteiger partial charge is 0.379 e. The van der Waals surface area contributed by atoms with Crippen molar-refractivity contribution < 1.29 is 19.2 Å². The molecule has 16 heavy (non-hydrogen) atoms. The fourth-order valence-corrected chi connectivity index (χ4v) is 1.45. The van der Waals surface area contributed by atoms with E-state index < -0.39 is 10.9 Å². The average molecular weight is 224 g/mol. The molecular formula is C9H8N2O5. The maximum absolute atomic E-state index is 10.8. The van der Waals surface area contributed by atoms with Crippen LogP contribution in [0.3, 0.4) is 0 Å². The first-order valence-corrected chi connectivity index (χ1v) is 4.57. The zero-order chi connectivity index (χ0) is 11.7. The first-order valence-electron chi connectivity index (χ1n) is 4.57. The van der Waals surface area contributed by atoms with Gasteiger partial charge >= 0.3 is 17.7 Å². The number of rotatable bonds is 2. The largest absolute Gasteiger partial charge is 0.486 e. The summed E-state index contributed by atoms with van der Waals surface area (Å²) in [6.45, 7) is 1.61. The van der Waals surface area contributed by atoms with Gasteiger partial charge in [0.15, 0.2) is 0 Å². The van der Waals surface area contributed by atoms with Crippen LogP contribution in [0.1, 0.15) is 12.5 Å². The Morgan fingerprint density at radius 1 is 1.69 bits per heavy atom. The Balaban J connectivity index is 2.49. The van der Waals surface area contributed by atoms with E-state index in [9.17, 15) is 14.9 Å². The van der Waals surface area contributed by atoms with E-state index in [2.05, 4.69) is 4.98 Å². The number of hydrogen-bond acceptors (Lipinski definition) is 6. The van der Waals surface area contributed by atoms with Gasteiger partial charge in [0.1, 0.15) is 0 Å². The molecule has 1 aliphatic heterocycles. The number of hydrogen-bond donors (Lipinski definition) is 0. The zero-order valence-corrected chi connectivity index (χ0v) is 8.43. The van der Waals surface area contributed by atoms with Crippen molar-refractivity contribution in [3.05, 3.63) is 21.7 Å². The van der Waals surface area contributed by atoms with Crippen LogP contribution in [0.4, 0.5) is 5.82 Å². The van der Waals surface area contributed by atoms with Gasteiger partial charge in [0, 0.05) is 30.0 Å². The lowest BCUT2D eigenvalue weighted by Gasteiger charge is -2.02. The van der Waals surface area contributed by atoms with E-state index in [-0.39, 0.29) is 11.7 Å². The fraction of sp³-hybridized carbons (Fsp3) is 0.333. The number of carbonyl (C=O) groups excluding carboxylic acids is 1. The van der Waals surface area contributed by atoms with Crippen LogP contribution < -0.4 is 9.47 Å². The minimum Gasteiger partial charge on any atom is -0.486 e. The number of aromatic nitrogens is 1. The van der Waals surface area contributed by atoms with Gasteiger partial charge in [-0.2, -0.15) is 0 Å². The normalized spacial score (nSPS) is 12.8. The van der Waals surface area contributed by atoms with E-state index >= 15 is 0 Å². The highest BCUT2D eigenvalue weighted by molar-refractivity contribution is 5.70. The number of esters is 1. The number of nitrogens with zero attached hydrogens (tertiary/aromatic N) is 2. The van der Waals surface area contributed by atoms with E-state index in [0.717, 1.165) is 0 Å². The molecule has 7 heteroatoms. The summed E-state index contributed by atoms with van der Waals surface area (Å²) in [4.78, 5) is 24.4. The van der Waals surface area contributed by atoms with Gasteiger partial charge in [0.25, 0.3) is 0 Å². The summed E-state index contributed by atoms with van der Waals surface area (Å²) in [5.74, 6) is -0.749. The molecule has 0 aliphatic carbocycles. The molecule has 0 fully saturated rings. The lowest BCUT2D eigenvalue weighted by molar-refractivity contribution is -0.389. The van der Waals surface area contributed by atoms with Gasteiger partial charge in [-0.25, -0.2) is 0 Å². The Kier molecular flexibility index (Phi) is 2.43. The van der Waals surface area contributed by atoms with Crippen LogP contribution in [0, 0.1) is 10.1 Å². The van der Waals surface area contributed by atoms with Crippen LogP contribution in [0.5, 0.6) is 11.6 Å². The third-order valence-corrected chi connectivity index (χ3v) is 2.05. The van der Waals surface area contributed by atoms with Crippen molar-refractivity contribution in [2.75, 3.05) is 6.61 Å². The highest BCUT2D eigenvalue weighted by atomic mass is 16.6. The number of carbonyl (C=O) groups is 1. The van der Waals surface area contributed by atoms with Crippen molar-refractivity contribution in [2.24, 2.45) is 0 Å². The molecule has 1 aliphatic rings. The van der Waals surface area contributed by atoms with Gasteiger partial charge in [-0.15, -0.1) is 0 Å². The molecule has 0 saturated carbocycles. The second-order valence-corrected chi connectivity index (χ2v) is 3.22. The van der Waals surface area contributed by atoms with Crippen LogP contribution in [-0.2, 0) is 11.2 Å². The molecule has 0 unspecified atom stereocenters. The van der Waals surface area contributed by atoms with Gasteiger partial charge in [-0.3, -0.25) is 4.79 Å². The van der Waals surface area contributed by atoms with Gasteiger partial charge in [0.05, 0.1) is 6.61 Å². The van der Waals surface area contributed by atoms with Crippen LogP contribution in [0.15, 0.2) is 6.07 Å². The van der Waals surface area contributed by atoms with Crippen molar-refractivity contribution >= 4 is 11.8 Å². The molecule has 0 amide bonds. The molecular weight excluding hydrogens is 216 g/mol. The van der Waals surface area contributed by atoms with Crippen LogP contribution in [-0.4, -0.2) is 22.5 Å². The minimum absolute atomic E-state index is 0.130. The quantitative estimate of drug-likeness (QED) is 0.420. The highest BCUT2D eigenvalue weighted by Gasteiger charge is 2.28. The van der Waals surface area contributed by atoms with Crippen molar-refractivity contribution in [2.45, 2.75) is 13.3 Å². The zero-order valence-electron chi connectivity index (χ0n) is 8.43. The average Bonchev–Trinajstić information content (AvgIpc) is 2.64. The minimum atomic E-state index is -0.633. The summed E-state index contributed by atoms with van der Waals surface area (Å²) in [5.41, 5.74) is 0.637. The van der Waals surface area contributed by atoms with E-state index in [1.165, 1.54) is 13.0 Å². The lowest BCUT2D eigenvalue weighted by atomic mass is 10.2. The molecule has 1 aromatic heterocycles. The molecule has 2 rings (SSSR count). The summed E-state index contributed by atoms with van der Waals surface area (Å²) in [6, 6.07) is 1.33. The first-order chi connectivity index (χ1) is 7.58. The highest BCUT2D eigenvalue weighted by Crippen LogP contribution is 2.36. The monoisotopic (exact) mass is 224 g/mol. The molecule has 0 bridgehead atoms. The number of nitro groups is 1. The van der Waals surface area contributed by atoms with Gasteiger partial charge in [-0.05, 0) is 4.92 Å². The van der Waals surface area contributed by atoms with Crippen molar-refractivity contribution in [1.82, 2.24) is 4.98 Å². The Labute approximate surface area is 90.1 Å². The second kappa shape index (κ2) is 3.76. The summed E-state index contributed by atoms with van der Waals surface area (Å²) in [7, 11) is 0. The van der Waals surface area contributed by atoms with Gasteiger partial charge in [-0.1, -0.05) is 0 Å².